The lowest BCUT2D eigenvalue weighted by molar-refractivity contribution is 0.481. The lowest BCUT2D eigenvalue weighted by atomic mass is 10.3. The summed E-state index contributed by atoms with van der Waals surface area (Å²) in [6, 6.07) is 23.7. The summed E-state index contributed by atoms with van der Waals surface area (Å²) in [5.74, 6) is 2.02. The molecule has 0 aromatic heterocycles. The van der Waals surface area contributed by atoms with Crippen molar-refractivity contribution in [1.82, 2.24) is 0 Å². The summed E-state index contributed by atoms with van der Waals surface area (Å²) in [4.78, 5) is 0.0848. The topological polar surface area (TPSA) is 105 Å². The molecule has 0 aliphatic carbocycles. The Hall–Kier alpha value is -2.51. The Morgan fingerprint density at radius 1 is 0.576 bits per heavy atom. The van der Waals surface area contributed by atoms with Gasteiger partial charge in [-0.15, -0.1) is 0 Å². The predicted molar refractivity (Wildman–Crippen MR) is 146 cm³/mol. The molecule has 4 rings (SSSR count). The Kier molecular flexibility index (Phi) is 7.00. The summed E-state index contributed by atoms with van der Waals surface area (Å²) in [6.45, 7) is 0. The molecule has 0 heterocycles. The zero-order valence-corrected chi connectivity index (χ0v) is 22.2. The van der Waals surface area contributed by atoms with Gasteiger partial charge in [0.1, 0.15) is 23.0 Å². The van der Waals surface area contributed by atoms with Crippen LogP contribution in [-0.4, -0.2) is 8.42 Å². The molecule has 0 aliphatic heterocycles. The molecule has 4 N–H and O–H groups in total. The van der Waals surface area contributed by atoms with E-state index in [-0.39, 0.29) is 21.2 Å². The SMILES string of the molecule is Nc1cc(S(=O)(=O)c2ccc(Oc3ccccc3I)c(N)c2)ccc1Oc1ccccc1I. The summed E-state index contributed by atoms with van der Waals surface area (Å²) >= 11 is 4.31. The fraction of sp³-hybridized carbons (Fsp3) is 0. The highest BCUT2D eigenvalue weighted by molar-refractivity contribution is 14.1. The lowest BCUT2D eigenvalue weighted by Crippen LogP contribution is -2.05. The zero-order valence-electron chi connectivity index (χ0n) is 17.0. The van der Waals surface area contributed by atoms with Crippen molar-refractivity contribution < 1.29 is 17.9 Å². The van der Waals surface area contributed by atoms with Crippen molar-refractivity contribution in [3.8, 4) is 23.0 Å². The van der Waals surface area contributed by atoms with E-state index in [1.165, 1.54) is 24.3 Å². The third-order valence-electron chi connectivity index (χ3n) is 4.70. The number of ether oxygens (including phenoxy) is 2. The minimum Gasteiger partial charge on any atom is -0.454 e. The van der Waals surface area contributed by atoms with Crippen LogP contribution in [0.1, 0.15) is 0 Å². The van der Waals surface area contributed by atoms with E-state index in [2.05, 4.69) is 45.2 Å². The first kappa shape index (κ1) is 23.6. The molecule has 0 unspecified atom stereocenters. The molecule has 168 valence electrons. The number of benzene rings is 4. The lowest BCUT2D eigenvalue weighted by Gasteiger charge is -2.13. The fourth-order valence-corrected chi connectivity index (χ4v) is 5.33. The minimum absolute atomic E-state index is 0.0424. The Labute approximate surface area is 219 Å². The summed E-state index contributed by atoms with van der Waals surface area (Å²) in [5.41, 5.74) is 12.6. The number of nitrogens with two attached hydrogens (primary N) is 2. The molecule has 33 heavy (non-hydrogen) atoms. The van der Waals surface area contributed by atoms with Gasteiger partial charge in [-0.3, -0.25) is 0 Å². The number of anilines is 2. The molecule has 0 bridgehead atoms. The van der Waals surface area contributed by atoms with Gasteiger partial charge in [0.2, 0.25) is 9.84 Å². The van der Waals surface area contributed by atoms with Gasteiger partial charge >= 0.3 is 0 Å². The first-order valence-electron chi connectivity index (χ1n) is 9.64. The van der Waals surface area contributed by atoms with Gasteiger partial charge in [-0.25, -0.2) is 8.42 Å². The summed E-state index contributed by atoms with van der Waals surface area (Å²) in [6.07, 6.45) is 0. The van der Waals surface area contributed by atoms with Crippen LogP contribution in [0.5, 0.6) is 23.0 Å². The van der Waals surface area contributed by atoms with Crippen molar-refractivity contribution in [3.63, 3.8) is 0 Å². The number of nitrogen functional groups attached to an aromatic ring is 2. The zero-order chi connectivity index (χ0) is 23.6. The van der Waals surface area contributed by atoms with Crippen LogP contribution < -0.4 is 20.9 Å². The molecule has 0 atom stereocenters. The minimum atomic E-state index is -3.85. The molecule has 0 fully saturated rings. The second-order valence-electron chi connectivity index (χ2n) is 6.97. The first-order valence-corrected chi connectivity index (χ1v) is 13.3. The molecule has 0 aliphatic rings. The van der Waals surface area contributed by atoms with Crippen LogP contribution in [0.15, 0.2) is 94.7 Å². The van der Waals surface area contributed by atoms with Crippen molar-refractivity contribution in [3.05, 3.63) is 92.1 Å². The van der Waals surface area contributed by atoms with Crippen molar-refractivity contribution in [2.75, 3.05) is 11.5 Å². The van der Waals surface area contributed by atoms with Crippen LogP contribution >= 0.6 is 45.2 Å². The van der Waals surface area contributed by atoms with Gasteiger partial charge in [0.05, 0.1) is 28.3 Å². The second-order valence-corrected chi connectivity index (χ2v) is 11.2. The van der Waals surface area contributed by atoms with E-state index < -0.39 is 9.84 Å². The summed E-state index contributed by atoms with van der Waals surface area (Å²) in [7, 11) is -3.85. The average molecular weight is 684 g/mol. The predicted octanol–water partition coefficient (Wildman–Crippen LogP) is 6.48. The Morgan fingerprint density at radius 3 is 1.33 bits per heavy atom. The quantitative estimate of drug-likeness (QED) is 0.178. The normalized spacial score (nSPS) is 11.2. The highest BCUT2D eigenvalue weighted by Crippen LogP contribution is 2.36. The highest BCUT2D eigenvalue weighted by atomic mass is 127. The van der Waals surface area contributed by atoms with Crippen LogP contribution in [0.3, 0.4) is 0 Å². The molecule has 0 radical (unpaired) electrons. The molecule has 4 aromatic carbocycles. The molecule has 4 aromatic rings. The highest BCUT2D eigenvalue weighted by Gasteiger charge is 2.21. The molecule has 0 saturated carbocycles. The molecule has 6 nitrogen and oxygen atoms in total. The maximum absolute atomic E-state index is 13.2. The van der Waals surface area contributed by atoms with E-state index in [1.807, 2.05) is 48.5 Å². The first-order chi connectivity index (χ1) is 15.8. The maximum atomic E-state index is 13.2. The molecular weight excluding hydrogens is 666 g/mol. The number of halogens is 2. The summed E-state index contributed by atoms with van der Waals surface area (Å²) in [5, 5.41) is 0. The van der Waals surface area contributed by atoms with Crippen molar-refractivity contribution in [2.24, 2.45) is 0 Å². The van der Waals surface area contributed by atoms with E-state index in [4.69, 9.17) is 20.9 Å². The number of hydrogen-bond donors (Lipinski definition) is 2. The number of rotatable bonds is 6. The van der Waals surface area contributed by atoms with E-state index in [9.17, 15) is 8.42 Å². The van der Waals surface area contributed by atoms with Crippen LogP contribution in [0.4, 0.5) is 11.4 Å². The summed E-state index contributed by atoms with van der Waals surface area (Å²) < 4.78 is 39.9. The van der Waals surface area contributed by atoms with Crippen LogP contribution in [0.25, 0.3) is 0 Å². The molecule has 0 saturated heterocycles. The van der Waals surface area contributed by atoms with Gasteiger partial charge in [0.15, 0.2) is 0 Å². The largest absolute Gasteiger partial charge is 0.454 e. The van der Waals surface area contributed by atoms with Gasteiger partial charge in [-0.2, -0.15) is 0 Å². The third kappa shape index (κ3) is 5.20. The van der Waals surface area contributed by atoms with Gasteiger partial charge in [-0.05, 0) is 106 Å². The Balaban J connectivity index is 1.60. The number of para-hydroxylation sites is 2. The van der Waals surface area contributed by atoms with E-state index >= 15 is 0 Å². The smallest absolute Gasteiger partial charge is 0.206 e. The van der Waals surface area contributed by atoms with E-state index in [0.717, 1.165) is 7.14 Å². The van der Waals surface area contributed by atoms with Crippen molar-refractivity contribution in [2.45, 2.75) is 9.79 Å². The molecule has 9 heteroatoms. The van der Waals surface area contributed by atoms with Gasteiger partial charge < -0.3 is 20.9 Å². The second kappa shape index (κ2) is 9.77. The standard InChI is InChI=1S/C24H18I2N2O4S/c25-17-5-1-3-7-21(17)31-23-11-9-15(13-19(23)27)33(29,30)16-10-12-24(20(28)14-16)32-22-8-4-2-6-18(22)26/h1-14H,27-28H2. The molecular formula is C24H18I2N2O4S. The van der Waals surface area contributed by atoms with Gasteiger partial charge in [0.25, 0.3) is 0 Å². The monoisotopic (exact) mass is 684 g/mol. The average Bonchev–Trinajstić information content (AvgIpc) is 2.79. The van der Waals surface area contributed by atoms with Crippen LogP contribution in [0.2, 0.25) is 0 Å². The van der Waals surface area contributed by atoms with Crippen LogP contribution in [0, 0.1) is 7.14 Å². The van der Waals surface area contributed by atoms with Crippen molar-refractivity contribution in [1.29, 1.82) is 0 Å². The number of hydrogen-bond acceptors (Lipinski definition) is 6. The fourth-order valence-electron chi connectivity index (χ4n) is 3.00. The Bertz CT molecular complexity index is 1340. The van der Waals surface area contributed by atoms with Crippen LogP contribution in [-0.2, 0) is 9.84 Å². The maximum Gasteiger partial charge on any atom is 0.206 e. The van der Waals surface area contributed by atoms with E-state index in [1.54, 1.807) is 12.1 Å². The van der Waals surface area contributed by atoms with Gasteiger partial charge in [-0.1, -0.05) is 24.3 Å². The van der Waals surface area contributed by atoms with Gasteiger partial charge in [0, 0.05) is 0 Å². The molecule has 0 amide bonds. The van der Waals surface area contributed by atoms with E-state index in [0.29, 0.717) is 23.0 Å². The van der Waals surface area contributed by atoms with Crippen molar-refractivity contribution >= 4 is 66.4 Å². The molecule has 0 spiro atoms. The Morgan fingerprint density at radius 2 is 0.970 bits per heavy atom. The third-order valence-corrected chi connectivity index (χ3v) is 8.23. The number of sulfone groups is 1.